The third-order valence-corrected chi connectivity index (χ3v) is 3.97. The molecule has 0 atom stereocenters. The minimum absolute atomic E-state index is 0.0955. The van der Waals surface area contributed by atoms with Crippen LogP contribution in [0.15, 0.2) is 47.5 Å². The molecule has 0 heterocycles. The van der Waals surface area contributed by atoms with Crippen molar-refractivity contribution in [2.75, 3.05) is 20.7 Å². The van der Waals surface area contributed by atoms with Gasteiger partial charge >= 0.3 is 0 Å². The highest BCUT2D eigenvalue weighted by atomic mass is 19.1. The largest absolute Gasteiger partial charge is 0.497 e. The minimum atomic E-state index is -0.227. The van der Waals surface area contributed by atoms with Crippen molar-refractivity contribution in [2.45, 2.75) is 20.0 Å². The fourth-order valence-corrected chi connectivity index (χ4v) is 2.39. The summed E-state index contributed by atoms with van der Waals surface area (Å²) in [6.07, 6.45) is 0. The first-order valence-electron chi connectivity index (χ1n) is 8.61. The van der Waals surface area contributed by atoms with E-state index >= 15 is 0 Å². The van der Waals surface area contributed by atoms with Crippen LogP contribution in [0.5, 0.6) is 5.75 Å². The van der Waals surface area contributed by atoms with Gasteiger partial charge in [-0.25, -0.2) is 4.39 Å². The molecule has 0 aromatic heterocycles. The number of guanidine groups is 1. The second kappa shape index (κ2) is 10.2. The Balaban J connectivity index is 1.73. The van der Waals surface area contributed by atoms with Crippen LogP contribution in [0.3, 0.4) is 0 Å². The van der Waals surface area contributed by atoms with E-state index in [1.54, 1.807) is 33.2 Å². The number of nitrogens with one attached hydrogen (secondary N) is 3. The summed E-state index contributed by atoms with van der Waals surface area (Å²) >= 11 is 0. The van der Waals surface area contributed by atoms with Gasteiger partial charge in [0.05, 0.1) is 13.7 Å². The van der Waals surface area contributed by atoms with Gasteiger partial charge in [-0.2, -0.15) is 0 Å². The molecule has 0 aliphatic rings. The van der Waals surface area contributed by atoms with Gasteiger partial charge in [-0.15, -0.1) is 0 Å². The first-order valence-corrected chi connectivity index (χ1v) is 8.61. The molecule has 0 saturated carbocycles. The van der Waals surface area contributed by atoms with Crippen molar-refractivity contribution in [1.29, 1.82) is 0 Å². The molecule has 0 aliphatic carbocycles. The van der Waals surface area contributed by atoms with Gasteiger partial charge in [0.15, 0.2) is 5.96 Å². The molecule has 0 spiro atoms. The van der Waals surface area contributed by atoms with E-state index in [-0.39, 0.29) is 18.3 Å². The van der Waals surface area contributed by atoms with Crippen LogP contribution in [-0.4, -0.2) is 32.6 Å². The van der Waals surface area contributed by atoms with Crippen LogP contribution in [0.2, 0.25) is 0 Å². The Morgan fingerprint density at radius 3 is 2.33 bits per heavy atom. The molecular weight excluding hydrogens is 347 g/mol. The number of ether oxygens (including phenoxy) is 1. The topological polar surface area (TPSA) is 74.8 Å². The molecule has 27 heavy (non-hydrogen) atoms. The van der Waals surface area contributed by atoms with Crippen LogP contribution in [0.4, 0.5) is 4.39 Å². The number of halogens is 1. The Labute approximate surface area is 158 Å². The van der Waals surface area contributed by atoms with E-state index in [0.717, 1.165) is 16.9 Å². The number of aryl methyl sites for hydroxylation is 1. The summed E-state index contributed by atoms with van der Waals surface area (Å²) in [4.78, 5) is 16.1. The third kappa shape index (κ3) is 6.62. The van der Waals surface area contributed by atoms with Gasteiger partial charge in [0, 0.05) is 20.1 Å². The summed E-state index contributed by atoms with van der Waals surface area (Å²) in [7, 11) is 3.24. The molecule has 0 radical (unpaired) electrons. The number of carbonyl (C=O) groups is 1. The molecule has 0 fully saturated rings. The SMILES string of the molecule is CN=C(NCC(=O)NCc1ccc(OC)cc1)NCc1ccc(F)c(C)c1. The molecule has 6 nitrogen and oxygen atoms in total. The highest BCUT2D eigenvalue weighted by Crippen LogP contribution is 2.11. The lowest BCUT2D eigenvalue weighted by atomic mass is 10.1. The molecule has 7 heteroatoms. The summed E-state index contributed by atoms with van der Waals surface area (Å²) in [5.41, 5.74) is 2.51. The molecule has 144 valence electrons. The van der Waals surface area contributed by atoms with E-state index in [2.05, 4.69) is 20.9 Å². The number of benzene rings is 2. The zero-order valence-corrected chi connectivity index (χ0v) is 15.8. The van der Waals surface area contributed by atoms with Gasteiger partial charge in [0.2, 0.25) is 5.91 Å². The Morgan fingerprint density at radius 1 is 1.04 bits per heavy atom. The molecule has 3 N–H and O–H groups in total. The molecule has 1 amide bonds. The van der Waals surface area contributed by atoms with Crippen LogP contribution in [-0.2, 0) is 17.9 Å². The Hall–Kier alpha value is -3.09. The van der Waals surface area contributed by atoms with E-state index < -0.39 is 0 Å². The second-order valence-electron chi connectivity index (χ2n) is 5.99. The first-order chi connectivity index (χ1) is 13.0. The van der Waals surface area contributed by atoms with Gasteiger partial charge in [0.1, 0.15) is 11.6 Å². The van der Waals surface area contributed by atoms with E-state index in [9.17, 15) is 9.18 Å². The highest BCUT2D eigenvalue weighted by molar-refractivity contribution is 5.86. The summed E-state index contributed by atoms with van der Waals surface area (Å²) in [5, 5.41) is 8.89. The maximum atomic E-state index is 13.3. The average Bonchev–Trinajstić information content (AvgIpc) is 2.69. The number of carbonyl (C=O) groups excluding carboxylic acids is 1. The molecule has 0 aliphatic heterocycles. The highest BCUT2D eigenvalue weighted by Gasteiger charge is 2.05. The summed E-state index contributed by atoms with van der Waals surface area (Å²) < 4.78 is 18.4. The van der Waals surface area contributed by atoms with Crippen LogP contribution in [0.1, 0.15) is 16.7 Å². The zero-order chi connectivity index (χ0) is 19.6. The molecule has 2 aromatic carbocycles. The fraction of sp³-hybridized carbons (Fsp3) is 0.300. The normalized spacial score (nSPS) is 11.0. The smallest absolute Gasteiger partial charge is 0.239 e. The molecule has 0 bridgehead atoms. The lowest BCUT2D eigenvalue weighted by Gasteiger charge is -2.12. The predicted molar refractivity (Wildman–Crippen MR) is 104 cm³/mol. The number of rotatable bonds is 7. The van der Waals surface area contributed by atoms with Crippen LogP contribution in [0.25, 0.3) is 0 Å². The fourth-order valence-electron chi connectivity index (χ4n) is 2.39. The zero-order valence-electron chi connectivity index (χ0n) is 15.8. The average molecular weight is 372 g/mol. The van der Waals surface area contributed by atoms with Crippen LogP contribution < -0.4 is 20.7 Å². The van der Waals surface area contributed by atoms with Crippen molar-refractivity contribution >= 4 is 11.9 Å². The maximum absolute atomic E-state index is 13.3. The standard InChI is InChI=1S/C20H25FN4O2/c1-14-10-16(6-9-18(14)21)12-24-20(22-2)25-13-19(26)23-11-15-4-7-17(27-3)8-5-15/h4-10H,11-13H2,1-3H3,(H,23,26)(H2,22,24,25). The van der Waals surface area contributed by atoms with E-state index in [1.165, 1.54) is 6.07 Å². The minimum Gasteiger partial charge on any atom is -0.497 e. The summed E-state index contributed by atoms with van der Waals surface area (Å²) in [6, 6.07) is 12.4. The van der Waals surface area contributed by atoms with E-state index in [0.29, 0.717) is 24.6 Å². The van der Waals surface area contributed by atoms with Crippen LogP contribution >= 0.6 is 0 Å². The van der Waals surface area contributed by atoms with E-state index in [4.69, 9.17) is 4.74 Å². The van der Waals surface area contributed by atoms with Gasteiger partial charge in [-0.1, -0.05) is 24.3 Å². The quantitative estimate of drug-likeness (QED) is 0.514. The molecule has 0 unspecified atom stereocenters. The number of aliphatic imine (C=N–C) groups is 1. The molecule has 0 saturated heterocycles. The number of hydrogen-bond donors (Lipinski definition) is 3. The maximum Gasteiger partial charge on any atom is 0.239 e. The molecule has 2 aromatic rings. The van der Waals surface area contributed by atoms with Crippen molar-refractivity contribution < 1.29 is 13.9 Å². The van der Waals surface area contributed by atoms with Gasteiger partial charge in [0.25, 0.3) is 0 Å². The summed E-state index contributed by atoms with van der Waals surface area (Å²) in [5.74, 6) is 0.899. The lowest BCUT2D eigenvalue weighted by molar-refractivity contribution is -0.120. The van der Waals surface area contributed by atoms with Crippen molar-refractivity contribution in [1.82, 2.24) is 16.0 Å². The van der Waals surface area contributed by atoms with Crippen LogP contribution in [0, 0.1) is 12.7 Å². The third-order valence-electron chi connectivity index (χ3n) is 3.97. The Bertz CT molecular complexity index is 791. The predicted octanol–water partition coefficient (Wildman–Crippen LogP) is 2.12. The number of methoxy groups -OCH3 is 1. The first kappa shape index (κ1) is 20.2. The van der Waals surface area contributed by atoms with Gasteiger partial charge < -0.3 is 20.7 Å². The van der Waals surface area contributed by atoms with Gasteiger partial charge in [-0.3, -0.25) is 9.79 Å². The van der Waals surface area contributed by atoms with Crippen molar-refractivity contribution in [2.24, 2.45) is 4.99 Å². The molecule has 2 rings (SSSR count). The number of hydrogen-bond acceptors (Lipinski definition) is 3. The van der Waals surface area contributed by atoms with Crippen molar-refractivity contribution in [3.05, 3.63) is 65.0 Å². The monoisotopic (exact) mass is 372 g/mol. The number of amides is 1. The lowest BCUT2D eigenvalue weighted by Crippen LogP contribution is -2.42. The van der Waals surface area contributed by atoms with Crippen molar-refractivity contribution in [3.63, 3.8) is 0 Å². The van der Waals surface area contributed by atoms with E-state index in [1.807, 2.05) is 24.3 Å². The second-order valence-corrected chi connectivity index (χ2v) is 5.99. The summed E-state index contributed by atoms with van der Waals surface area (Å²) in [6.45, 7) is 2.73. The molecular formula is C20H25FN4O2. The van der Waals surface area contributed by atoms with Crippen molar-refractivity contribution in [3.8, 4) is 5.75 Å². The Kier molecular flexibility index (Phi) is 7.61. The number of nitrogens with zero attached hydrogens (tertiary/aromatic N) is 1. The Morgan fingerprint density at radius 2 is 1.70 bits per heavy atom. The van der Waals surface area contributed by atoms with Gasteiger partial charge in [-0.05, 0) is 41.8 Å².